The summed E-state index contributed by atoms with van der Waals surface area (Å²) in [7, 11) is -3.34. The zero-order valence-corrected chi connectivity index (χ0v) is 14.5. The van der Waals surface area contributed by atoms with Gasteiger partial charge in [-0.3, -0.25) is 9.52 Å². The first-order chi connectivity index (χ1) is 11.8. The summed E-state index contributed by atoms with van der Waals surface area (Å²) in [5.74, 6) is 0.127. The van der Waals surface area contributed by atoms with Crippen LogP contribution in [0.15, 0.2) is 48.5 Å². The number of nitrogens with zero attached hydrogens (tertiary/aromatic N) is 1. The smallest absolute Gasteiger partial charge is 0.265 e. The number of nitrogens with one attached hydrogen (secondary N) is 2. The molecule has 1 atom stereocenters. The number of hydrogen-bond donors (Lipinski definition) is 2. The van der Waals surface area contributed by atoms with Gasteiger partial charge in [0.1, 0.15) is 5.75 Å². The predicted molar refractivity (Wildman–Crippen MR) is 94.8 cm³/mol. The minimum Gasteiger partial charge on any atom is -0.481 e. The van der Waals surface area contributed by atoms with Crippen molar-refractivity contribution in [3.05, 3.63) is 54.1 Å². The maximum Gasteiger partial charge on any atom is 0.265 e. The fraction of sp³-hybridized carbons (Fsp3) is 0.176. The van der Waals surface area contributed by atoms with Gasteiger partial charge in [0, 0.05) is 11.4 Å². The van der Waals surface area contributed by atoms with E-state index in [9.17, 15) is 13.2 Å². The van der Waals surface area contributed by atoms with Gasteiger partial charge in [-0.2, -0.15) is 5.26 Å². The minimum absolute atomic E-state index is 0.354. The van der Waals surface area contributed by atoms with Gasteiger partial charge in [-0.05, 0) is 55.5 Å². The van der Waals surface area contributed by atoms with Crippen LogP contribution in [0.2, 0.25) is 0 Å². The Bertz CT molecular complexity index is 885. The van der Waals surface area contributed by atoms with E-state index < -0.39 is 16.1 Å². The van der Waals surface area contributed by atoms with Gasteiger partial charge in [0.2, 0.25) is 10.0 Å². The quantitative estimate of drug-likeness (QED) is 0.823. The van der Waals surface area contributed by atoms with Crippen molar-refractivity contribution >= 4 is 27.3 Å². The lowest BCUT2D eigenvalue weighted by Crippen LogP contribution is -2.30. The van der Waals surface area contributed by atoms with Crippen LogP contribution >= 0.6 is 0 Å². The van der Waals surface area contributed by atoms with Gasteiger partial charge in [0.25, 0.3) is 5.91 Å². The summed E-state index contributed by atoms with van der Waals surface area (Å²) in [6.45, 7) is 1.60. The maximum atomic E-state index is 12.2. The van der Waals surface area contributed by atoms with Crippen molar-refractivity contribution in [2.24, 2.45) is 0 Å². The second-order valence-corrected chi connectivity index (χ2v) is 7.09. The van der Waals surface area contributed by atoms with E-state index >= 15 is 0 Å². The average Bonchev–Trinajstić information content (AvgIpc) is 2.56. The molecule has 2 aromatic carbocycles. The van der Waals surface area contributed by atoms with Crippen LogP contribution in [0.1, 0.15) is 12.5 Å². The van der Waals surface area contributed by atoms with E-state index in [0.29, 0.717) is 22.7 Å². The molecule has 25 heavy (non-hydrogen) atoms. The first kappa shape index (κ1) is 18.3. The van der Waals surface area contributed by atoms with Gasteiger partial charge in [0.05, 0.1) is 17.9 Å². The molecular formula is C17H17N3O4S. The van der Waals surface area contributed by atoms with Crippen molar-refractivity contribution in [3.63, 3.8) is 0 Å². The summed E-state index contributed by atoms with van der Waals surface area (Å²) in [5.41, 5.74) is 1.42. The normalized spacial score (nSPS) is 11.9. The molecule has 2 rings (SSSR count). The molecule has 1 amide bonds. The van der Waals surface area contributed by atoms with Gasteiger partial charge in [-0.15, -0.1) is 0 Å². The number of carbonyl (C=O) groups is 1. The molecule has 7 nitrogen and oxygen atoms in total. The van der Waals surface area contributed by atoms with E-state index in [-0.39, 0.29) is 5.91 Å². The van der Waals surface area contributed by atoms with Crippen molar-refractivity contribution in [2.45, 2.75) is 13.0 Å². The SMILES string of the molecule is CC(Oc1ccc(C#N)cc1)C(=O)Nc1ccc(NS(C)(=O)=O)cc1. The maximum absolute atomic E-state index is 12.2. The third-order valence-corrected chi connectivity index (χ3v) is 3.73. The summed E-state index contributed by atoms with van der Waals surface area (Å²) in [6, 6.07) is 14.7. The number of amides is 1. The molecule has 0 saturated heterocycles. The molecule has 1 unspecified atom stereocenters. The number of ether oxygens (including phenoxy) is 1. The summed E-state index contributed by atoms with van der Waals surface area (Å²) in [6.07, 6.45) is 0.312. The third kappa shape index (κ3) is 5.82. The molecule has 0 radical (unpaired) electrons. The Kier molecular flexibility index (Phi) is 5.62. The zero-order valence-electron chi connectivity index (χ0n) is 13.7. The monoisotopic (exact) mass is 359 g/mol. The number of nitriles is 1. The number of carbonyl (C=O) groups excluding carboxylic acids is 1. The molecule has 0 aromatic heterocycles. The standard InChI is InChI=1S/C17H17N3O4S/c1-12(24-16-9-3-13(11-18)4-10-16)17(21)19-14-5-7-15(8-6-14)20-25(2,22)23/h3-10,12,20H,1-2H3,(H,19,21). The Morgan fingerprint density at radius 3 is 2.16 bits per heavy atom. The van der Waals surface area contributed by atoms with E-state index in [1.165, 1.54) is 0 Å². The van der Waals surface area contributed by atoms with Gasteiger partial charge in [-0.1, -0.05) is 0 Å². The van der Waals surface area contributed by atoms with Crippen molar-refractivity contribution in [1.29, 1.82) is 5.26 Å². The molecule has 0 fully saturated rings. The lowest BCUT2D eigenvalue weighted by molar-refractivity contribution is -0.122. The average molecular weight is 359 g/mol. The number of anilines is 2. The Morgan fingerprint density at radius 2 is 1.64 bits per heavy atom. The largest absolute Gasteiger partial charge is 0.481 e. The summed E-state index contributed by atoms with van der Waals surface area (Å²) >= 11 is 0. The van der Waals surface area contributed by atoms with Crippen molar-refractivity contribution in [1.82, 2.24) is 0 Å². The lowest BCUT2D eigenvalue weighted by Gasteiger charge is -2.15. The fourth-order valence-electron chi connectivity index (χ4n) is 1.95. The molecule has 0 aliphatic carbocycles. The summed E-state index contributed by atoms with van der Waals surface area (Å²) < 4.78 is 30.2. The molecule has 130 valence electrons. The van der Waals surface area contributed by atoms with Crippen LogP contribution in [-0.4, -0.2) is 26.7 Å². The molecule has 0 saturated carbocycles. The Labute approximate surface area is 146 Å². The van der Waals surface area contributed by atoms with E-state index in [0.717, 1.165) is 6.26 Å². The van der Waals surface area contributed by atoms with Crippen molar-refractivity contribution in [3.8, 4) is 11.8 Å². The molecule has 2 aromatic rings. The third-order valence-electron chi connectivity index (χ3n) is 3.12. The van der Waals surface area contributed by atoms with Crippen LogP contribution < -0.4 is 14.8 Å². The minimum atomic E-state index is -3.34. The molecular weight excluding hydrogens is 342 g/mol. The molecule has 8 heteroatoms. The second-order valence-electron chi connectivity index (χ2n) is 5.34. The van der Waals surface area contributed by atoms with Crippen LogP contribution in [0.4, 0.5) is 11.4 Å². The lowest BCUT2D eigenvalue weighted by atomic mass is 10.2. The van der Waals surface area contributed by atoms with Crippen LogP contribution in [0.3, 0.4) is 0 Å². The number of benzene rings is 2. The van der Waals surface area contributed by atoms with Crippen LogP contribution in [0.25, 0.3) is 0 Å². The first-order valence-electron chi connectivity index (χ1n) is 7.32. The summed E-state index contributed by atoms with van der Waals surface area (Å²) in [5, 5.41) is 11.4. The van der Waals surface area contributed by atoms with Crippen molar-refractivity contribution < 1.29 is 17.9 Å². The number of hydrogen-bond acceptors (Lipinski definition) is 5. The highest BCUT2D eigenvalue weighted by Crippen LogP contribution is 2.17. The predicted octanol–water partition coefficient (Wildman–Crippen LogP) is 2.34. The molecule has 0 spiro atoms. The van der Waals surface area contributed by atoms with E-state index in [1.54, 1.807) is 55.5 Å². The number of sulfonamides is 1. The fourth-order valence-corrected chi connectivity index (χ4v) is 2.51. The van der Waals surface area contributed by atoms with E-state index in [1.807, 2.05) is 6.07 Å². The highest BCUT2D eigenvalue weighted by atomic mass is 32.2. The zero-order chi connectivity index (χ0) is 18.4. The molecule has 2 N–H and O–H groups in total. The van der Waals surface area contributed by atoms with Gasteiger partial charge < -0.3 is 10.1 Å². The first-order valence-corrected chi connectivity index (χ1v) is 9.21. The Balaban J connectivity index is 1.95. The van der Waals surface area contributed by atoms with Gasteiger partial charge in [-0.25, -0.2) is 8.42 Å². The van der Waals surface area contributed by atoms with Gasteiger partial charge in [0.15, 0.2) is 6.10 Å². The van der Waals surface area contributed by atoms with E-state index in [4.69, 9.17) is 10.00 Å². The topological polar surface area (TPSA) is 108 Å². The van der Waals surface area contributed by atoms with Crippen LogP contribution in [-0.2, 0) is 14.8 Å². The molecule has 0 aliphatic rings. The highest BCUT2D eigenvalue weighted by molar-refractivity contribution is 7.92. The molecule has 0 bridgehead atoms. The summed E-state index contributed by atoms with van der Waals surface area (Å²) in [4.78, 5) is 12.2. The Morgan fingerprint density at radius 1 is 1.08 bits per heavy atom. The molecule has 0 aliphatic heterocycles. The Hall–Kier alpha value is -3.05. The number of rotatable bonds is 6. The van der Waals surface area contributed by atoms with E-state index in [2.05, 4.69) is 10.0 Å². The van der Waals surface area contributed by atoms with Crippen molar-refractivity contribution in [2.75, 3.05) is 16.3 Å². The van der Waals surface area contributed by atoms with Crippen LogP contribution in [0.5, 0.6) is 5.75 Å². The highest BCUT2D eigenvalue weighted by Gasteiger charge is 2.15. The molecule has 0 heterocycles. The van der Waals surface area contributed by atoms with Gasteiger partial charge >= 0.3 is 0 Å². The second kappa shape index (κ2) is 7.68. The van der Waals surface area contributed by atoms with Crippen LogP contribution in [0, 0.1) is 11.3 Å².